The Kier molecular flexibility index (Phi) is 5.54. The maximum absolute atomic E-state index is 11.8. The molecule has 0 bridgehead atoms. The Hall–Kier alpha value is -0.980. The number of sulfonamides is 1. The summed E-state index contributed by atoms with van der Waals surface area (Å²) < 4.78 is 26.1. The van der Waals surface area contributed by atoms with Crippen LogP contribution in [0, 0.1) is 0 Å². The molecular weight excluding hydrogens is 256 g/mol. The Morgan fingerprint density at radius 2 is 2.00 bits per heavy atom. The van der Waals surface area contributed by atoms with Crippen molar-refractivity contribution in [2.24, 2.45) is 0 Å². The fourth-order valence-electron chi connectivity index (χ4n) is 1.15. The van der Waals surface area contributed by atoms with Gasteiger partial charge in [-0.15, -0.1) is 6.58 Å². The number of thioether (sulfide) groups is 1. The Bertz CT molecular complexity index is 455. The molecule has 0 aliphatic heterocycles. The summed E-state index contributed by atoms with van der Waals surface area (Å²) in [6.45, 7) is 4.00. The lowest BCUT2D eigenvalue weighted by molar-refractivity contribution is 0.584. The van der Waals surface area contributed by atoms with E-state index in [2.05, 4.69) is 11.3 Å². The number of nitrogen functional groups attached to an aromatic ring is 1. The number of nitrogens with two attached hydrogens (primary N) is 1. The van der Waals surface area contributed by atoms with Gasteiger partial charge in [0, 0.05) is 23.7 Å². The van der Waals surface area contributed by atoms with Crippen molar-refractivity contribution in [1.82, 2.24) is 4.72 Å². The van der Waals surface area contributed by atoms with E-state index >= 15 is 0 Å². The molecule has 0 amide bonds. The quantitative estimate of drug-likeness (QED) is 0.448. The van der Waals surface area contributed by atoms with Crippen molar-refractivity contribution in [2.45, 2.75) is 4.90 Å². The molecule has 6 heteroatoms. The first-order valence-corrected chi connectivity index (χ1v) is 7.74. The lowest BCUT2D eigenvalue weighted by atomic mass is 10.3. The van der Waals surface area contributed by atoms with Crippen molar-refractivity contribution >= 4 is 27.5 Å². The van der Waals surface area contributed by atoms with Crippen LogP contribution in [0.15, 0.2) is 41.8 Å². The van der Waals surface area contributed by atoms with Gasteiger partial charge in [-0.1, -0.05) is 6.08 Å². The van der Waals surface area contributed by atoms with Crippen molar-refractivity contribution in [2.75, 3.05) is 23.8 Å². The van der Waals surface area contributed by atoms with Gasteiger partial charge >= 0.3 is 0 Å². The van der Waals surface area contributed by atoms with E-state index in [0.29, 0.717) is 12.2 Å². The summed E-state index contributed by atoms with van der Waals surface area (Å²) in [7, 11) is -3.41. The molecule has 1 aromatic rings. The molecule has 4 nitrogen and oxygen atoms in total. The fraction of sp³-hybridized carbons (Fsp3) is 0.273. The van der Waals surface area contributed by atoms with Crippen LogP contribution in [-0.4, -0.2) is 26.5 Å². The Morgan fingerprint density at radius 3 is 2.59 bits per heavy atom. The maximum Gasteiger partial charge on any atom is 0.240 e. The second kappa shape index (κ2) is 6.68. The molecule has 0 saturated carbocycles. The molecule has 1 rings (SSSR count). The highest BCUT2D eigenvalue weighted by Gasteiger charge is 2.12. The van der Waals surface area contributed by atoms with E-state index in [0.717, 1.165) is 11.5 Å². The molecule has 0 heterocycles. The van der Waals surface area contributed by atoms with Crippen LogP contribution in [0.25, 0.3) is 0 Å². The van der Waals surface area contributed by atoms with Gasteiger partial charge < -0.3 is 5.73 Å². The SMILES string of the molecule is C=CCSCCNS(=O)(=O)c1ccc(N)cc1. The smallest absolute Gasteiger partial charge is 0.240 e. The van der Waals surface area contributed by atoms with Crippen molar-refractivity contribution in [1.29, 1.82) is 0 Å². The molecule has 1 aromatic carbocycles. The van der Waals surface area contributed by atoms with Gasteiger partial charge in [-0.2, -0.15) is 11.8 Å². The van der Waals surface area contributed by atoms with Gasteiger partial charge in [0.1, 0.15) is 0 Å². The second-order valence-electron chi connectivity index (χ2n) is 3.33. The zero-order chi connectivity index (χ0) is 12.7. The molecule has 0 aliphatic carbocycles. The van der Waals surface area contributed by atoms with Gasteiger partial charge in [-0.3, -0.25) is 0 Å². The van der Waals surface area contributed by atoms with E-state index < -0.39 is 10.0 Å². The van der Waals surface area contributed by atoms with Crippen LogP contribution in [-0.2, 0) is 10.0 Å². The normalized spacial score (nSPS) is 11.3. The van der Waals surface area contributed by atoms with Crippen molar-refractivity contribution in [3.8, 4) is 0 Å². The van der Waals surface area contributed by atoms with E-state index in [1.54, 1.807) is 30.0 Å². The average molecular weight is 272 g/mol. The van der Waals surface area contributed by atoms with Crippen LogP contribution in [0.1, 0.15) is 0 Å². The lowest BCUT2D eigenvalue weighted by Gasteiger charge is -2.06. The van der Waals surface area contributed by atoms with Crippen LogP contribution >= 0.6 is 11.8 Å². The summed E-state index contributed by atoms with van der Waals surface area (Å²) in [6.07, 6.45) is 1.79. The summed E-state index contributed by atoms with van der Waals surface area (Å²) in [6, 6.07) is 6.13. The minimum Gasteiger partial charge on any atom is -0.399 e. The average Bonchev–Trinajstić information content (AvgIpc) is 2.29. The van der Waals surface area contributed by atoms with Crippen molar-refractivity contribution in [3.05, 3.63) is 36.9 Å². The molecule has 0 unspecified atom stereocenters. The van der Waals surface area contributed by atoms with E-state index in [4.69, 9.17) is 5.73 Å². The summed E-state index contributed by atoms with van der Waals surface area (Å²) in [5.41, 5.74) is 6.04. The largest absolute Gasteiger partial charge is 0.399 e. The molecule has 0 atom stereocenters. The number of rotatable bonds is 7. The molecule has 94 valence electrons. The molecular formula is C11H16N2O2S2. The predicted molar refractivity (Wildman–Crippen MR) is 73.6 cm³/mol. The third kappa shape index (κ3) is 4.80. The predicted octanol–water partition coefficient (Wildman–Crippen LogP) is 1.47. The zero-order valence-corrected chi connectivity index (χ0v) is 11.1. The van der Waals surface area contributed by atoms with Gasteiger partial charge in [0.15, 0.2) is 0 Å². The number of hydrogen-bond acceptors (Lipinski definition) is 4. The van der Waals surface area contributed by atoms with Gasteiger partial charge in [-0.05, 0) is 24.3 Å². The Balaban J connectivity index is 2.51. The molecule has 0 aromatic heterocycles. The van der Waals surface area contributed by atoms with Gasteiger partial charge in [0.25, 0.3) is 0 Å². The summed E-state index contributed by atoms with van der Waals surface area (Å²) in [5, 5.41) is 0. The van der Waals surface area contributed by atoms with Gasteiger partial charge in [-0.25, -0.2) is 13.1 Å². The first kappa shape index (κ1) is 14.1. The summed E-state index contributed by atoms with van der Waals surface area (Å²) in [4.78, 5) is 0.237. The molecule has 0 fully saturated rings. The van der Waals surface area contributed by atoms with Crippen LogP contribution in [0.4, 0.5) is 5.69 Å². The molecule has 3 N–H and O–H groups in total. The maximum atomic E-state index is 11.8. The molecule has 0 spiro atoms. The van der Waals surface area contributed by atoms with E-state index in [1.165, 1.54) is 12.1 Å². The van der Waals surface area contributed by atoms with Crippen molar-refractivity contribution < 1.29 is 8.42 Å². The van der Waals surface area contributed by atoms with E-state index in [9.17, 15) is 8.42 Å². The highest BCUT2D eigenvalue weighted by atomic mass is 32.2. The third-order valence-electron chi connectivity index (χ3n) is 1.96. The van der Waals surface area contributed by atoms with Gasteiger partial charge in [0.2, 0.25) is 10.0 Å². The first-order chi connectivity index (χ1) is 8.06. The van der Waals surface area contributed by atoms with Crippen LogP contribution in [0.3, 0.4) is 0 Å². The highest BCUT2D eigenvalue weighted by Crippen LogP contribution is 2.11. The number of hydrogen-bond donors (Lipinski definition) is 2. The minimum atomic E-state index is -3.41. The Labute approximate surface area is 106 Å². The fourth-order valence-corrected chi connectivity index (χ4v) is 2.89. The van der Waals surface area contributed by atoms with E-state index in [-0.39, 0.29) is 4.90 Å². The second-order valence-corrected chi connectivity index (χ2v) is 6.25. The van der Waals surface area contributed by atoms with Crippen LogP contribution in [0.2, 0.25) is 0 Å². The van der Waals surface area contributed by atoms with Crippen molar-refractivity contribution in [3.63, 3.8) is 0 Å². The lowest BCUT2D eigenvalue weighted by Crippen LogP contribution is -2.26. The first-order valence-electron chi connectivity index (χ1n) is 5.10. The summed E-state index contributed by atoms with van der Waals surface area (Å²) in [5.74, 6) is 1.55. The molecule has 17 heavy (non-hydrogen) atoms. The molecule has 0 radical (unpaired) electrons. The van der Waals surface area contributed by atoms with Gasteiger partial charge in [0.05, 0.1) is 4.90 Å². The topological polar surface area (TPSA) is 72.2 Å². The zero-order valence-electron chi connectivity index (χ0n) is 9.43. The standard InChI is InChI=1S/C11H16N2O2S2/c1-2-8-16-9-7-13-17(14,15)11-5-3-10(12)4-6-11/h2-6,13H,1,7-9,12H2. The third-order valence-corrected chi connectivity index (χ3v) is 4.41. The van der Waals surface area contributed by atoms with Crippen LogP contribution < -0.4 is 10.5 Å². The van der Waals surface area contributed by atoms with Crippen LogP contribution in [0.5, 0.6) is 0 Å². The number of anilines is 1. The minimum absolute atomic E-state index is 0.237. The monoisotopic (exact) mass is 272 g/mol. The number of nitrogens with one attached hydrogen (secondary N) is 1. The molecule has 0 aliphatic rings. The number of benzene rings is 1. The molecule has 0 saturated heterocycles. The summed E-state index contributed by atoms with van der Waals surface area (Å²) >= 11 is 1.63. The Morgan fingerprint density at radius 1 is 1.35 bits per heavy atom. The van der Waals surface area contributed by atoms with E-state index in [1.807, 2.05) is 0 Å². The highest BCUT2D eigenvalue weighted by molar-refractivity contribution is 7.99.